The summed E-state index contributed by atoms with van der Waals surface area (Å²) in [6.45, 7) is 10.6. The first kappa shape index (κ1) is 22.9. The van der Waals surface area contributed by atoms with Crippen molar-refractivity contribution in [3.05, 3.63) is 59.9 Å². The van der Waals surface area contributed by atoms with E-state index in [1.165, 1.54) is 12.1 Å². The Morgan fingerprint density at radius 1 is 0.939 bits per heavy atom. The van der Waals surface area contributed by atoms with Gasteiger partial charge >= 0.3 is 0 Å². The lowest BCUT2D eigenvalue weighted by atomic mass is 10.1. The molecule has 1 unspecified atom stereocenters. The van der Waals surface area contributed by atoms with Crippen LogP contribution in [0.25, 0.3) is 11.4 Å². The fraction of sp³-hybridized carbons (Fsp3) is 0.400. The molecule has 1 aliphatic rings. The molecule has 1 saturated heterocycles. The molecule has 1 aromatic heterocycles. The van der Waals surface area contributed by atoms with Crippen molar-refractivity contribution in [1.29, 1.82) is 0 Å². The van der Waals surface area contributed by atoms with Crippen LogP contribution in [-0.4, -0.2) is 59.3 Å². The number of piperazine rings is 1. The van der Waals surface area contributed by atoms with Crippen LogP contribution in [0.2, 0.25) is 0 Å². The Balaban J connectivity index is 1.57. The second-order valence-electron chi connectivity index (χ2n) is 8.18. The Morgan fingerprint density at radius 3 is 2.21 bits per heavy atom. The molecule has 33 heavy (non-hydrogen) atoms. The zero-order valence-electron chi connectivity index (χ0n) is 19.4. The maximum absolute atomic E-state index is 13.9. The minimum atomic E-state index is -0.466. The highest BCUT2D eigenvalue weighted by molar-refractivity contribution is 5.59. The molecule has 7 nitrogen and oxygen atoms in total. The van der Waals surface area contributed by atoms with Crippen molar-refractivity contribution in [2.45, 2.75) is 26.9 Å². The van der Waals surface area contributed by atoms with Gasteiger partial charge in [-0.05, 0) is 50.6 Å². The molecule has 2 aromatic carbocycles. The van der Waals surface area contributed by atoms with E-state index in [1.54, 1.807) is 13.0 Å². The topological polar surface area (TPSA) is 68.6 Å². The molecule has 0 aliphatic carbocycles. The minimum Gasteiger partial charge on any atom is -0.389 e. The first-order valence-electron chi connectivity index (χ1n) is 11.5. The molecule has 8 heteroatoms. The van der Waals surface area contributed by atoms with Crippen LogP contribution in [0.1, 0.15) is 32.4 Å². The summed E-state index contributed by atoms with van der Waals surface area (Å²) in [6, 6.07) is 14.4. The number of aromatic nitrogens is 3. The molecular weight excluding hydrogens is 419 g/mol. The van der Waals surface area contributed by atoms with Gasteiger partial charge in [0.2, 0.25) is 11.9 Å². The number of halogens is 1. The number of hydrogen-bond donors (Lipinski definition) is 1. The predicted octanol–water partition coefficient (Wildman–Crippen LogP) is 3.90. The number of aliphatic hydroxyl groups excluding tert-OH is 1. The van der Waals surface area contributed by atoms with Crippen molar-refractivity contribution in [2.75, 3.05) is 54.0 Å². The summed E-state index contributed by atoms with van der Waals surface area (Å²) in [4.78, 5) is 20.7. The van der Waals surface area contributed by atoms with Gasteiger partial charge in [-0.3, -0.25) is 0 Å². The Labute approximate surface area is 194 Å². The van der Waals surface area contributed by atoms with E-state index >= 15 is 0 Å². The first-order chi connectivity index (χ1) is 16.0. The number of rotatable bonds is 7. The molecule has 1 N–H and O–H groups in total. The van der Waals surface area contributed by atoms with Gasteiger partial charge in [0.15, 0.2) is 5.82 Å². The van der Waals surface area contributed by atoms with Gasteiger partial charge in [0.05, 0.1) is 6.10 Å². The maximum atomic E-state index is 13.9. The maximum Gasteiger partial charge on any atom is 0.230 e. The average Bonchev–Trinajstić information content (AvgIpc) is 2.85. The molecule has 3 aromatic rings. The molecule has 0 spiro atoms. The normalized spacial score (nSPS) is 14.9. The number of benzene rings is 2. The van der Waals surface area contributed by atoms with Gasteiger partial charge in [-0.1, -0.05) is 24.3 Å². The summed E-state index contributed by atoms with van der Waals surface area (Å²) in [5.74, 6) is 1.40. The molecule has 1 atom stereocenters. The third-order valence-electron chi connectivity index (χ3n) is 6.04. The molecule has 0 radical (unpaired) electrons. The zero-order chi connectivity index (χ0) is 23.4. The average molecular weight is 451 g/mol. The zero-order valence-corrected chi connectivity index (χ0v) is 19.4. The highest BCUT2D eigenvalue weighted by atomic mass is 19.1. The van der Waals surface area contributed by atoms with Gasteiger partial charge in [-0.15, -0.1) is 0 Å². The van der Waals surface area contributed by atoms with E-state index in [4.69, 9.17) is 9.97 Å². The third kappa shape index (κ3) is 5.22. The van der Waals surface area contributed by atoms with Gasteiger partial charge in [0.1, 0.15) is 5.82 Å². The highest BCUT2D eigenvalue weighted by Crippen LogP contribution is 2.25. The SMILES string of the molecule is CCN(CC)c1nc(-c2cccc(F)c2)nc(N2CCN(c3ccc(C(C)O)cc3)CC2)n1. The van der Waals surface area contributed by atoms with Crippen LogP contribution < -0.4 is 14.7 Å². The van der Waals surface area contributed by atoms with Crippen molar-refractivity contribution in [1.82, 2.24) is 15.0 Å². The largest absolute Gasteiger partial charge is 0.389 e. The van der Waals surface area contributed by atoms with Crippen molar-refractivity contribution in [3.8, 4) is 11.4 Å². The summed E-state index contributed by atoms with van der Waals surface area (Å²) in [5, 5.41) is 9.74. The van der Waals surface area contributed by atoms with Gasteiger partial charge in [0.25, 0.3) is 0 Å². The highest BCUT2D eigenvalue weighted by Gasteiger charge is 2.22. The summed E-state index contributed by atoms with van der Waals surface area (Å²) in [6.07, 6.45) is -0.466. The summed E-state index contributed by atoms with van der Waals surface area (Å²) < 4.78 is 13.9. The minimum absolute atomic E-state index is 0.311. The molecule has 0 saturated carbocycles. The van der Waals surface area contributed by atoms with Crippen molar-refractivity contribution in [2.24, 2.45) is 0 Å². The smallest absolute Gasteiger partial charge is 0.230 e. The summed E-state index contributed by atoms with van der Waals surface area (Å²) in [5.41, 5.74) is 2.69. The molecule has 1 fully saturated rings. The summed E-state index contributed by atoms with van der Waals surface area (Å²) in [7, 11) is 0. The van der Waals surface area contributed by atoms with E-state index in [1.807, 2.05) is 18.2 Å². The first-order valence-corrected chi connectivity index (χ1v) is 11.5. The number of anilines is 3. The Bertz CT molecular complexity index is 1060. The lowest BCUT2D eigenvalue weighted by molar-refractivity contribution is 0.199. The molecule has 1 aliphatic heterocycles. The van der Waals surface area contributed by atoms with Crippen LogP contribution in [0.15, 0.2) is 48.5 Å². The Morgan fingerprint density at radius 2 is 1.61 bits per heavy atom. The van der Waals surface area contributed by atoms with Gasteiger partial charge in [0, 0.05) is 50.5 Å². The molecule has 0 bridgehead atoms. The van der Waals surface area contributed by atoms with Crippen molar-refractivity contribution >= 4 is 17.6 Å². The fourth-order valence-electron chi connectivity index (χ4n) is 4.03. The van der Waals surface area contributed by atoms with Crippen LogP contribution in [0.3, 0.4) is 0 Å². The standard InChI is InChI=1S/C25H31FN6O/c1-4-30(5-2)24-27-23(20-7-6-8-21(26)17-20)28-25(29-24)32-15-13-31(14-16-32)22-11-9-19(10-12-22)18(3)33/h6-12,17-18,33H,4-5,13-16H2,1-3H3. The van der Waals surface area contributed by atoms with E-state index in [2.05, 4.69) is 45.7 Å². The summed E-state index contributed by atoms with van der Waals surface area (Å²) >= 11 is 0. The quantitative estimate of drug-likeness (QED) is 0.585. The van der Waals surface area contributed by atoms with E-state index in [9.17, 15) is 9.50 Å². The molecule has 2 heterocycles. The van der Waals surface area contributed by atoms with Crippen LogP contribution in [-0.2, 0) is 0 Å². The van der Waals surface area contributed by atoms with Gasteiger partial charge in [-0.2, -0.15) is 15.0 Å². The number of nitrogens with zero attached hydrogens (tertiary/aromatic N) is 6. The Hall–Kier alpha value is -3.26. The molecule has 4 rings (SSSR count). The number of aliphatic hydroxyl groups is 1. The Kier molecular flexibility index (Phi) is 7.03. The lowest BCUT2D eigenvalue weighted by Crippen LogP contribution is -2.47. The molecule has 174 valence electrons. The fourth-order valence-corrected chi connectivity index (χ4v) is 4.03. The van der Waals surface area contributed by atoms with Gasteiger partial charge < -0.3 is 19.8 Å². The predicted molar refractivity (Wildman–Crippen MR) is 130 cm³/mol. The van der Waals surface area contributed by atoms with Crippen LogP contribution in [0, 0.1) is 5.82 Å². The van der Waals surface area contributed by atoms with E-state index < -0.39 is 6.10 Å². The van der Waals surface area contributed by atoms with Crippen molar-refractivity contribution in [3.63, 3.8) is 0 Å². The number of hydrogen-bond acceptors (Lipinski definition) is 7. The molecule has 0 amide bonds. The second-order valence-corrected chi connectivity index (χ2v) is 8.18. The van der Waals surface area contributed by atoms with Crippen LogP contribution >= 0.6 is 0 Å². The monoisotopic (exact) mass is 450 g/mol. The van der Waals surface area contributed by atoms with Gasteiger partial charge in [-0.25, -0.2) is 4.39 Å². The van der Waals surface area contributed by atoms with E-state index in [-0.39, 0.29) is 5.82 Å². The van der Waals surface area contributed by atoms with E-state index in [0.29, 0.717) is 23.3 Å². The third-order valence-corrected chi connectivity index (χ3v) is 6.04. The lowest BCUT2D eigenvalue weighted by Gasteiger charge is -2.36. The second kappa shape index (κ2) is 10.1. The van der Waals surface area contributed by atoms with Crippen molar-refractivity contribution < 1.29 is 9.50 Å². The van der Waals surface area contributed by atoms with E-state index in [0.717, 1.165) is 50.5 Å². The van der Waals surface area contributed by atoms with Crippen LogP contribution in [0.5, 0.6) is 0 Å². The van der Waals surface area contributed by atoms with Crippen LogP contribution in [0.4, 0.5) is 22.0 Å². The molecular formula is C25H31FN6O.